The average molecular weight is 285 g/mol. The molecule has 0 aromatic heterocycles. The maximum atomic E-state index is 12.6. The van der Waals surface area contributed by atoms with E-state index in [-0.39, 0.29) is 0 Å². The minimum Gasteiger partial charge on any atom is -0.277 e. The van der Waals surface area contributed by atoms with Gasteiger partial charge in [-0.05, 0) is 47.2 Å². The maximum Gasteiger partial charge on any atom is 0.136 e. The fourth-order valence-electron chi connectivity index (χ4n) is 2.14. The standard InChI is InChI=1S/C18H22OP/c1-13(2)15-5-9-17(10-6-15)20(19)18-11-7-16(8-12-18)14(3)4/h5-14H,1-4H3. The molecule has 2 rings (SSSR count). The Morgan fingerprint density at radius 3 is 1.20 bits per heavy atom. The summed E-state index contributed by atoms with van der Waals surface area (Å²) in [6.07, 6.45) is 0. The molecule has 0 saturated heterocycles. The summed E-state index contributed by atoms with van der Waals surface area (Å²) in [5.74, 6) is 1.01. The molecule has 0 heterocycles. The van der Waals surface area contributed by atoms with Crippen molar-refractivity contribution in [3.8, 4) is 0 Å². The Morgan fingerprint density at radius 1 is 0.650 bits per heavy atom. The Labute approximate surface area is 122 Å². The highest BCUT2D eigenvalue weighted by molar-refractivity contribution is 7.61. The van der Waals surface area contributed by atoms with Gasteiger partial charge in [0, 0.05) is 10.6 Å². The number of hydrogen-bond donors (Lipinski definition) is 0. The largest absolute Gasteiger partial charge is 0.277 e. The summed E-state index contributed by atoms with van der Waals surface area (Å²) in [5.41, 5.74) is 2.57. The van der Waals surface area contributed by atoms with Crippen LogP contribution < -0.4 is 10.6 Å². The topological polar surface area (TPSA) is 17.1 Å². The number of rotatable bonds is 4. The summed E-state index contributed by atoms with van der Waals surface area (Å²) in [7, 11) is -1.48. The van der Waals surface area contributed by atoms with Crippen molar-refractivity contribution in [3.05, 3.63) is 59.7 Å². The molecular formula is C18H22OP. The van der Waals surface area contributed by atoms with Gasteiger partial charge in [-0.2, -0.15) is 0 Å². The molecule has 0 spiro atoms. The smallest absolute Gasteiger partial charge is 0.136 e. The predicted octanol–water partition coefficient (Wildman–Crippen LogP) is 4.71. The Hall–Kier alpha value is -1.46. The molecule has 0 saturated carbocycles. The lowest BCUT2D eigenvalue weighted by atomic mass is 10.0. The van der Waals surface area contributed by atoms with Crippen molar-refractivity contribution >= 4 is 18.4 Å². The molecule has 0 fully saturated rings. The molecule has 0 amide bonds. The van der Waals surface area contributed by atoms with Crippen molar-refractivity contribution in [2.45, 2.75) is 39.5 Å². The third kappa shape index (κ3) is 3.35. The Morgan fingerprint density at radius 2 is 0.950 bits per heavy atom. The summed E-state index contributed by atoms with van der Waals surface area (Å²) >= 11 is 0. The second-order valence-corrected chi connectivity index (χ2v) is 7.41. The van der Waals surface area contributed by atoms with Gasteiger partial charge in [-0.1, -0.05) is 52.0 Å². The lowest BCUT2D eigenvalue weighted by molar-refractivity contribution is 0.598. The summed E-state index contributed by atoms with van der Waals surface area (Å²) in [6, 6.07) is 16.3. The number of benzene rings is 2. The van der Waals surface area contributed by atoms with Crippen LogP contribution in [0.2, 0.25) is 0 Å². The van der Waals surface area contributed by atoms with Crippen molar-refractivity contribution in [2.75, 3.05) is 0 Å². The monoisotopic (exact) mass is 285 g/mol. The van der Waals surface area contributed by atoms with Crippen LogP contribution >= 0.6 is 7.80 Å². The molecule has 2 heteroatoms. The molecule has 0 unspecified atom stereocenters. The van der Waals surface area contributed by atoms with E-state index in [1.165, 1.54) is 11.1 Å². The van der Waals surface area contributed by atoms with Gasteiger partial charge in [-0.25, -0.2) is 0 Å². The van der Waals surface area contributed by atoms with Crippen LogP contribution in [0, 0.1) is 0 Å². The molecule has 0 aliphatic carbocycles. The highest BCUT2D eigenvalue weighted by Gasteiger charge is 2.09. The second kappa shape index (κ2) is 6.33. The quantitative estimate of drug-likeness (QED) is 0.743. The van der Waals surface area contributed by atoms with Gasteiger partial charge < -0.3 is 0 Å². The van der Waals surface area contributed by atoms with E-state index >= 15 is 0 Å². The molecule has 2 aromatic rings. The van der Waals surface area contributed by atoms with Gasteiger partial charge in [-0.3, -0.25) is 4.57 Å². The van der Waals surface area contributed by atoms with Crippen molar-refractivity contribution in [2.24, 2.45) is 0 Å². The van der Waals surface area contributed by atoms with E-state index in [0.29, 0.717) is 11.8 Å². The Kier molecular flexibility index (Phi) is 4.73. The fourth-order valence-corrected chi connectivity index (χ4v) is 3.28. The minimum atomic E-state index is -1.48. The van der Waals surface area contributed by atoms with Gasteiger partial charge in [0.1, 0.15) is 7.80 Å². The number of hydrogen-bond acceptors (Lipinski definition) is 1. The Bertz CT molecular complexity index is 526. The first kappa shape index (κ1) is 14.9. The summed E-state index contributed by atoms with van der Waals surface area (Å²) in [5, 5.41) is 1.81. The molecule has 0 aliphatic rings. The highest BCUT2D eigenvalue weighted by atomic mass is 31.1. The SMILES string of the molecule is CC(C)c1ccc([P](=O)c2ccc(C(C)C)cc2)cc1. The van der Waals surface area contributed by atoms with E-state index in [1.807, 2.05) is 24.3 Å². The third-order valence-electron chi connectivity index (χ3n) is 3.59. The van der Waals surface area contributed by atoms with Crippen LogP contribution in [-0.2, 0) is 4.57 Å². The van der Waals surface area contributed by atoms with Gasteiger partial charge in [0.05, 0.1) is 0 Å². The first-order valence-electron chi connectivity index (χ1n) is 7.16. The molecule has 1 nitrogen and oxygen atoms in total. The van der Waals surface area contributed by atoms with Crippen LogP contribution in [0.5, 0.6) is 0 Å². The van der Waals surface area contributed by atoms with Gasteiger partial charge in [0.25, 0.3) is 0 Å². The lowest BCUT2D eigenvalue weighted by Gasteiger charge is -2.08. The van der Waals surface area contributed by atoms with E-state index in [1.54, 1.807) is 0 Å². The molecule has 0 bridgehead atoms. The molecule has 20 heavy (non-hydrogen) atoms. The maximum absolute atomic E-state index is 12.6. The van der Waals surface area contributed by atoms with E-state index in [0.717, 1.165) is 10.6 Å². The van der Waals surface area contributed by atoms with E-state index in [2.05, 4.69) is 52.0 Å². The zero-order chi connectivity index (χ0) is 14.7. The van der Waals surface area contributed by atoms with Crippen LogP contribution in [0.3, 0.4) is 0 Å². The first-order chi connectivity index (χ1) is 9.49. The van der Waals surface area contributed by atoms with Gasteiger partial charge >= 0.3 is 0 Å². The van der Waals surface area contributed by atoms with Crippen LogP contribution in [0.15, 0.2) is 48.5 Å². The van der Waals surface area contributed by atoms with E-state index in [4.69, 9.17) is 0 Å². The first-order valence-corrected chi connectivity index (χ1v) is 8.42. The van der Waals surface area contributed by atoms with Gasteiger partial charge in [-0.15, -0.1) is 0 Å². The molecular weight excluding hydrogens is 263 g/mol. The zero-order valence-electron chi connectivity index (χ0n) is 12.6. The van der Waals surface area contributed by atoms with E-state index < -0.39 is 7.80 Å². The van der Waals surface area contributed by atoms with Crippen LogP contribution in [0.4, 0.5) is 0 Å². The van der Waals surface area contributed by atoms with Gasteiger partial charge in [0.2, 0.25) is 0 Å². The highest BCUT2D eigenvalue weighted by Crippen LogP contribution is 2.23. The van der Waals surface area contributed by atoms with Crippen molar-refractivity contribution in [1.29, 1.82) is 0 Å². The van der Waals surface area contributed by atoms with Crippen molar-refractivity contribution in [3.63, 3.8) is 0 Å². The normalized spacial score (nSPS) is 11.1. The molecule has 2 aromatic carbocycles. The zero-order valence-corrected chi connectivity index (χ0v) is 13.5. The summed E-state index contributed by atoms with van der Waals surface area (Å²) in [4.78, 5) is 0. The molecule has 0 aliphatic heterocycles. The Balaban J connectivity index is 2.22. The third-order valence-corrected chi connectivity index (χ3v) is 5.12. The average Bonchev–Trinajstić information content (AvgIpc) is 2.46. The molecule has 0 atom stereocenters. The molecule has 1 radical (unpaired) electrons. The van der Waals surface area contributed by atoms with E-state index in [9.17, 15) is 4.57 Å². The van der Waals surface area contributed by atoms with Crippen molar-refractivity contribution < 1.29 is 4.57 Å². The molecule has 0 N–H and O–H groups in total. The second-order valence-electron chi connectivity index (χ2n) is 5.79. The molecule has 105 valence electrons. The minimum absolute atomic E-state index is 0.507. The van der Waals surface area contributed by atoms with Crippen LogP contribution in [0.25, 0.3) is 0 Å². The fraction of sp³-hybridized carbons (Fsp3) is 0.333. The van der Waals surface area contributed by atoms with Crippen LogP contribution in [-0.4, -0.2) is 0 Å². The van der Waals surface area contributed by atoms with Crippen molar-refractivity contribution in [1.82, 2.24) is 0 Å². The summed E-state index contributed by atoms with van der Waals surface area (Å²) in [6.45, 7) is 8.67. The summed E-state index contributed by atoms with van der Waals surface area (Å²) < 4.78 is 12.6. The predicted molar refractivity (Wildman–Crippen MR) is 87.9 cm³/mol. The van der Waals surface area contributed by atoms with Crippen LogP contribution in [0.1, 0.15) is 50.7 Å². The lowest BCUT2D eigenvalue weighted by Crippen LogP contribution is -2.07. The van der Waals surface area contributed by atoms with Gasteiger partial charge in [0.15, 0.2) is 0 Å².